The quantitative estimate of drug-likeness (QED) is 0.136. The minimum Gasteiger partial charge on any atom is -0.310 e. The monoisotopic (exact) mass is 796 g/mol. The third kappa shape index (κ3) is 6.81. The molecule has 0 bridgehead atoms. The summed E-state index contributed by atoms with van der Waals surface area (Å²) < 4.78 is 0. The molecular formula is C59H60N2. The minimum atomic E-state index is -0.233. The molecule has 0 aromatic heterocycles. The first-order valence-electron chi connectivity index (χ1n) is 22.6. The minimum absolute atomic E-state index is 0.233. The molecule has 2 heteroatoms. The molecule has 0 radical (unpaired) electrons. The molecule has 1 aliphatic rings. The van der Waals surface area contributed by atoms with Crippen LogP contribution in [0.1, 0.15) is 97.2 Å². The van der Waals surface area contributed by atoms with Gasteiger partial charge in [0, 0.05) is 39.2 Å². The molecular weight excluding hydrogens is 737 g/mol. The van der Waals surface area contributed by atoms with E-state index in [1.165, 1.54) is 122 Å². The summed E-state index contributed by atoms with van der Waals surface area (Å²) >= 11 is 0. The van der Waals surface area contributed by atoms with E-state index in [1.807, 2.05) is 0 Å². The molecule has 0 spiro atoms. The van der Waals surface area contributed by atoms with E-state index >= 15 is 0 Å². The Bertz CT molecular complexity index is 3000. The molecule has 0 heterocycles. The average Bonchev–Trinajstić information content (AvgIpc) is 3.49. The Kier molecular flexibility index (Phi) is 10.4. The molecule has 0 fully saturated rings. The molecule has 8 aromatic rings. The number of benzene rings is 8. The summed E-state index contributed by atoms with van der Waals surface area (Å²) in [5, 5.41) is 5.09. The first kappa shape index (κ1) is 40.3. The largest absolute Gasteiger partial charge is 0.310 e. The van der Waals surface area contributed by atoms with Gasteiger partial charge in [0.15, 0.2) is 0 Å². The maximum atomic E-state index is 2.52. The van der Waals surface area contributed by atoms with E-state index in [0.29, 0.717) is 0 Å². The van der Waals surface area contributed by atoms with Gasteiger partial charge < -0.3 is 9.80 Å². The van der Waals surface area contributed by atoms with Crippen molar-refractivity contribution in [2.75, 3.05) is 9.80 Å². The summed E-state index contributed by atoms with van der Waals surface area (Å²) in [7, 11) is 0. The molecule has 8 aromatic carbocycles. The SMILES string of the molecule is CCc1ccc(N(c2ccc(C)c(C)c2)c2ccc3cc4c(cc3c2)C(C)(C)c2cc(N(c3ccc(C)c(C)c3)c3ccc(CC)c(CC)c3)c3ccccc3c2-4)cc1CC. The highest BCUT2D eigenvalue weighted by Gasteiger charge is 2.38. The predicted octanol–water partition coefficient (Wildman–Crippen LogP) is 16.7. The highest BCUT2D eigenvalue weighted by molar-refractivity contribution is 6.11. The Hall–Kier alpha value is -6.12. The topological polar surface area (TPSA) is 6.48 Å². The third-order valence-electron chi connectivity index (χ3n) is 14.0. The van der Waals surface area contributed by atoms with E-state index in [0.717, 1.165) is 25.7 Å². The maximum Gasteiger partial charge on any atom is 0.0543 e. The van der Waals surface area contributed by atoms with E-state index in [4.69, 9.17) is 0 Å². The van der Waals surface area contributed by atoms with Crippen molar-refractivity contribution in [3.8, 4) is 11.1 Å². The van der Waals surface area contributed by atoms with Crippen LogP contribution in [-0.4, -0.2) is 0 Å². The van der Waals surface area contributed by atoms with E-state index in [1.54, 1.807) is 0 Å². The molecule has 61 heavy (non-hydrogen) atoms. The second-order valence-electron chi connectivity index (χ2n) is 17.9. The van der Waals surface area contributed by atoms with Crippen LogP contribution in [0.2, 0.25) is 0 Å². The molecule has 0 saturated carbocycles. The van der Waals surface area contributed by atoms with Crippen molar-refractivity contribution in [1.29, 1.82) is 0 Å². The average molecular weight is 797 g/mol. The molecule has 0 N–H and O–H groups in total. The Balaban J connectivity index is 1.24. The number of hydrogen-bond donors (Lipinski definition) is 0. The van der Waals surface area contributed by atoms with Crippen molar-refractivity contribution in [2.24, 2.45) is 0 Å². The van der Waals surface area contributed by atoms with Crippen LogP contribution in [0.5, 0.6) is 0 Å². The Morgan fingerprint density at radius 1 is 0.393 bits per heavy atom. The lowest BCUT2D eigenvalue weighted by atomic mass is 9.81. The van der Waals surface area contributed by atoms with Crippen LogP contribution in [0.15, 0.2) is 133 Å². The van der Waals surface area contributed by atoms with Crippen LogP contribution in [0, 0.1) is 27.7 Å². The summed E-state index contributed by atoms with van der Waals surface area (Å²) in [6.07, 6.45) is 4.10. The normalized spacial score (nSPS) is 12.8. The van der Waals surface area contributed by atoms with Crippen LogP contribution in [0.3, 0.4) is 0 Å². The molecule has 1 aliphatic carbocycles. The van der Waals surface area contributed by atoms with E-state index in [9.17, 15) is 0 Å². The van der Waals surface area contributed by atoms with Gasteiger partial charge in [0.2, 0.25) is 0 Å². The van der Waals surface area contributed by atoms with Crippen molar-refractivity contribution in [2.45, 2.75) is 100 Å². The second-order valence-corrected chi connectivity index (χ2v) is 17.9. The molecule has 9 rings (SSSR count). The zero-order valence-electron chi connectivity index (χ0n) is 37.9. The van der Waals surface area contributed by atoms with Crippen molar-refractivity contribution >= 4 is 55.7 Å². The number of aryl methyl sites for hydroxylation is 8. The molecule has 0 unspecified atom stereocenters. The van der Waals surface area contributed by atoms with E-state index in [-0.39, 0.29) is 5.41 Å². The van der Waals surface area contributed by atoms with Gasteiger partial charge >= 0.3 is 0 Å². The van der Waals surface area contributed by atoms with Gasteiger partial charge in [-0.25, -0.2) is 0 Å². The Morgan fingerprint density at radius 3 is 1.46 bits per heavy atom. The lowest BCUT2D eigenvalue weighted by Gasteiger charge is -2.31. The summed E-state index contributed by atoms with van der Waals surface area (Å²) in [4.78, 5) is 4.98. The fourth-order valence-corrected chi connectivity index (χ4v) is 10.1. The summed E-state index contributed by atoms with van der Waals surface area (Å²) in [6.45, 7) is 22.8. The number of anilines is 6. The number of nitrogens with zero attached hydrogens (tertiary/aromatic N) is 2. The van der Waals surface area contributed by atoms with Crippen LogP contribution in [0.25, 0.3) is 32.7 Å². The standard InChI is InChI=1S/C59H60N2/c1-11-41-21-26-49(31-43(41)13-3)60(47-24-19-37(5)39(7)29-47)50-28-23-45-34-54-55(35-46(45)33-50)59(9,10)56-36-57(52-17-15-16-18-53(52)58(54)56)61(48-25-20-38(6)40(8)30-48)51-27-22-42(12-2)44(14-4)32-51/h15-36H,11-14H2,1-10H3. The predicted molar refractivity (Wildman–Crippen MR) is 265 cm³/mol. The van der Waals surface area contributed by atoms with Gasteiger partial charge in [0.05, 0.1) is 5.69 Å². The van der Waals surface area contributed by atoms with Crippen molar-refractivity contribution < 1.29 is 0 Å². The molecule has 0 atom stereocenters. The maximum absolute atomic E-state index is 2.52. The number of hydrogen-bond acceptors (Lipinski definition) is 2. The molecule has 306 valence electrons. The first-order valence-corrected chi connectivity index (χ1v) is 22.6. The molecule has 0 saturated heterocycles. The zero-order chi connectivity index (χ0) is 42.7. The van der Waals surface area contributed by atoms with E-state index < -0.39 is 0 Å². The molecule has 0 aliphatic heterocycles. The number of fused-ring (bicyclic) bond motifs is 6. The van der Waals surface area contributed by atoms with Gasteiger partial charge in [-0.05, 0) is 215 Å². The zero-order valence-corrected chi connectivity index (χ0v) is 37.9. The van der Waals surface area contributed by atoms with Crippen molar-refractivity contribution in [1.82, 2.24) is 0 Å². The van der Waals surface area contributed by atoms with Crippen LogP contribution in [-0.2, 0) is 31.1 Å². The lowest BCUT2D eigenvalue weighted by Crippen LogP contribution is -2.17. The van der Waals surface area contributed by atoms with Crippen LogP contribution >= 0.6 is 0 Å². The Labute approximate surface area is 364 Å². The summed E-state index contributed by atoms with van der Waals surface area (Å²) in [6, 6.07) is 51.7. The van der Waals surface area contributed by atoms with Crippen molar-refractivity contribution in [3.63, 3.8) is 0 Å². The van der Waals surface area contributed by atoms with E-state index in [2.05, 4.69) is 212 Å². The molecule has 2 nitrogen and oxygen atoms in total. The van der Waals surface area contributed by atoms with Crippen LogP contribution in [0.4, 0.5) is 34.1 Å². The van der Waals surface area contributed by atoms with Gasteiger partial charge in [0.25, 0.3) is 0 Å². The van der Waals surface area contributed by atoms with Gasteiger partial charge in [-0.15, -0.1) is 0 Å². The summed E-state index contributed by atoms with van der Waals surface area (Å²) in [5.74, 6) is 0. The van der Waals surface area contributed by atoms with Gasteiger partial charge in [0.1, 0.15) is 0 Å². The van der Waals surface area contributed by atoms with Gasteiger partial charge in [-0.1, -0.05) is 96.1 Å². The number of rotatable bonds is 10. The third-order valence-corrected chi connectivity index (χ3v) is 14.0. The smallest absolute Gasteiger partial charge is 0.0543 e. The van der Waals surface area contributed by atoms with Gasteiger partial charge in [-0.3, -0.25) is 0 Å². The van der Waals surface area contributed by atoms with Crippen LogP contribution < -0.4 is 9.80 Å². The highest BCUT2D eigenvalue weighted by atomic mass is 15.1. The fourth-order valence-electron chi connectivity index (χ4n) is 10.1. The second kappa shape index (κ2) is 15.7. The van der Waals surface area contributed by atoms with Crippen molar-refractivity contribution in [3.05, 3.63) is 189 Å². The van der Waals surface area contributed by atoms with Gasteiger partial charge in [-0.2, -0.15) is 0 Å². The first-order chi connectivity index (χ1) is 29.4. The summed E-state index contributed by atoms with van der Waals surface area (Å²) in [5.41, 5.74) is 23.3. The fraction of sp³-hybridized carbons (Fsp3) is 0.254. The molecule has 0 amide bonds. The lowest BCUT2D eigenvalue weighted by molar-refractivity contribution is 0.661. The Morgan fingerprint density at radius 2 is 0.885 bits per heavy atom. The highest BCUT2D eigenvalue weighted by Crippen LogP contribution is 2.55.